The Hall–Kier alpha value is -3.68. The van der Waals surface area contributed by atoms with E-state index < -0.39 is 11.9 Å². The van der Waals surface area contributed by atoms with Gasteiger partial charge in [0.25, 0.3) is 0 Å². The van der Waals surface area contributed by atoms with Gasteiger partial charge in [-0.15, -0.1) is 14.1 Å². The van der Waals surface area contributed by atoms with Crippen LogP contribution in [0.3, 0.4) is 0 Å². The van der Waals surface area contributed by atoms with E-state index in [1.807, 2.05) is 32.3 Å². The van der Waals surface area contributed by atoms with Crippen LogP contribution in [-0.2, 0) is 20.7 Å². The van der Waals surface area contributed by atoms with Gasteiger partial charge in [-0.3, -0.25) is 0 Å². The second kappa shape index (κ2) is 6.80. The van der Waals surface area contributed by atoms with Crippen molar-refractivity contribution in [2.75, 3.05) is 13.2 Å². The molecule has 0 aliphatic carbocycles. The lowest BCUT2D eigenvalue weighted by atomic mass is 10.1. The SMILES string of the molecule is C=CC(=O)OCCOC(=O)c1ccc2c(c1)n1n(-c3cc(CC)ccc3O)n21. The molecule has 1 N–H and O–H groups in total. The highest BCUT2D eigenvalue weighted by Crippen LogP contribution is 2.31. The van der Waals surface area contributed by atoms with E-state index in [4.69, 9.17) is 9.47 Å². The lowest BCUT2D eigenvalue weighted by molar-refractivity contribution is -0.138. The highest BCUT2D eigenvalue weighted by atomic mass is 16.6. The van der Waals surface area contributed by atoms with Crippen molar-refractivity contribution < 1.29 is 24.2 Å². The van der Waals surface area contributed by atoms with Crippen LogP contribution in [0.25, 0.3) is 16.7 Å². The molecule has 0 atom stereocenters. The molecule has 8 heteroatoms. The molecule has 0 aliphatic heterocycles. The summed E-state index contributed by atoms with van der Waals surface area (Å²) in [6.07, 6.45) is 1.92. The van der Waals surface area contributed by atoms with Crippen LogP contribution in [0.2, 0.25) is 0 Å². The maximum absolute atomic E-state index is 12.2. The van der Waals surface area contributed by atoms with Crippen LogP contribution in [0.1, 0.15) is 22.8 Å². The van der Waals surface area contributed by atoms with Crippen LogP contribution >= 0.6 is 0 Å². The minimum atomic E-state index is -0.561. The van der Waals surface area contributed by atoms with Gasteiger partial charge in [-0.2, -0.15) is 0 Å². The first-order valence-corrected chi connectivity index (χ1v) is 8.87. The van der Waals surface area contributed by atoms with E-state index in [1.165, 1.54) is 0 Å². The van der Waals surface area contributed by atoms with Crippen LogP contribution in [-0.4, -0.2) is 44.3 Å². The summed E-state index contributed by atoms with van der Waals surface area (Å²) in [6.45, 7) is 5.29. The van der Waals surface area contributed by atoms with Gasteiger partial charge in [-0.05, 0) is 42.3 Å². The fraction of sp³-hybridized carbons (Fsp3) is 0.200. The summed E-state index contributed by atoms with van der Waals surface area (Å²) in [5.74, 6) is -0.874. The molecule has 144 valence electrons. The zero-order valence-corrected chi connectivity index (χ0v) is 15.3. The maximum Gasteiger partial charge on any atom is 0.338 e. The first-order valence-electron chi connectivity index (χ1n) is 8.87. The Labute approximate surface area is 160 Å². The fourth-order valence-corrected chi connectivity index (χ4v) is 3.04. The number of benzene rings is 2. The summed E-state index contributed by atoms with van der Waals surface area (Å²) in [5.41, 5.74) is 3.97. The molecule has 4 aromatic rings. The maximum atomic E-state index is 12.2. The third-order valence-electron chi connectivity index (χ3n) is 4.54. The Morgan fingerprint density at radius 1 is 1.07 bits per heavy atom. The van der Waals surface area contributed by atoms with Crippen molar-refractivity contribution in [2.45, 2.75) is 13.3 Å². The summed E-state index contributed by atoms with van der Waals surface area (Å²) < 4.78 is 13.6. The monoisotopic (exact) mass is 381 g/mol. The predicted octanol–water partition coefficient (Wildman–Crippen LogP) is 2.57. The minimum Gasteiger partial charge on any atom is -0.506 e. The number of phenols is 1. The number of aromatic nitrogens is 3. The molecular formula is C20H19N3O5. The summed E-state index contributed by atoms with van der Waals surface area (Å²) in [6, 6.07) is 10.7. The van der Waals surface area contributed by atoms with Gasteiger partial charge in [-0.25, -0.2) is 9.59 Å². The summed E-state index contributed by atoms with van der Waals surface area (Å²) in [5, 5.41) is 10.2. The smallest absolute Gasteiger partial charge is 0.338 e. The largest absolute Gasteiger partial charge is 0.506 e. The number of aromatic hydroxyl groups is 1. The second-order valence-electron chi connectivity index (χ2n) is 6.26. The number of esters is 2. The van der Waals surface area contributed by atoms with E-state index in [-0.39, 0.29) is 19.0 Å². The predicted molar refractivity (Wildman–Crippen MR) is 101 cm³/mol. The minimum absolute atomic E-state index is 0.0255. The molecule has 0 aliphatic rings. The third-order valence-corrected chi connectivity index (χ3v) is 4.54. The van der Waals surface area contributed by atoms with E-state index in [0.717, 1.165) is 29.1 Å². The average Bonchev–Trinajstić information content (AvgIpc) is 3.37. The van der Waals surface area contributed by atoms with Crippen molar-refractivity contribution >= 4 is 23.0 Å². The van der Waals surface area contributed by atoms with Crippen LogP contribution in [0.15, 0.2) is 49.1 Å². The molecule has 0 spiro atoms. The highest BCUT2D eigenvalue weighted by molar-refractivity contribution is 5.94. The van der Waals surface area contributed by atoms with E-state index >= 15 is 0 Å². The van der Waals surface area contributed by atoms with Gasteiger partial charge in [0.05, 0.1) is 5.56 Å². The van der Waals surface area contributed by atoms with Gasteiger partial charge >= 0.3 is 11.9 Å². The number of nitrogens with zero attached hydrogens (tertiary/aromatic N) is 3. The van der Waals surface area contributed by atoms with E-state index in [0.29, 0.717) is 11.3 Å². The van der Waals surface area contributed by atoms with Crippen LogP contribution in [0.4, 0.5) is 0 Å². The van der Waals surface area contributed by atoms with Crippen molar-refractivity contribution in [3.05, 3.63) is 60.2 Å². The van der Waals surface area contributed by atoms with Gasteiger partial charge in [0, 0.05) is 6.08 Å². The summed E-state index contributed by atoms with van der Waals surface area (Å²) in [7, 11) is 0. The number of hydrogen-bond donors (Lipinski definition) is 1. The third kappa shape index (κ3) is 2.88. The molecular weight excluding hydrogens is 362 g/mol. The molecule has 0 unspecified atom stereocenters. The first-order chi connectivity index (χ1) is 13.5. The normalized spacial score (nSPS) is 11.3. The first kappa shape index (κ1) is 17.7. The Bertz CT molecular complexity index is 1180. The molecule has 2 aromatic carbocycles. The Kier molecular flexibility index (Phi) is 4.31. The second-order valence-corrected chi connectivity index (χ2v) is 6.26. The van der Waals surface area contributed by atoms with Gasteiger partial charge in [-0.1, -0.05) is 19.6 Å². The molecule has 0 saturated carbocycles. The zero-order valence-electron chi connectivity index (χ0n) is 15.3. The zero-order chi connectivity index (χ0) is 19.8. The molecule has 0 bridgehead atoms. The lowest BCUT2D eigenvalue weighted by Crippen LogP contribution is -2.13. The molecule has 0 radical (unpaired) electrons. The average molecular weight is 381 g/mol. The molecule has 2 aromatic heterocycles. The number of ether oxygens (including phenoxy) is 2. The van der Waals surface area contributed by atoms with Crippen molar-refractivity contribution in [1.82, 2.24) is 14.1 Å². The molecule has 2 heterocycles. The molecule has 8 nitrogen and oxygen atoms in total. The number of carbonyl (C=O) groups is 2. The topological polar surface area (TPSA) is 86.6 Å². The van der Waals surface area contributed by atoms with E-state index in [1.54, 1.807) is 18.2 Å². The Morgan fingerprint density at radius 3 is 2.57 bits per heavy atom. The number of phenolic OH excluding ortho intramolecular Hbond substituents is 1. The van der Waals surface area contributed by atoms with Crippen molar-refractivity contribution in [3.8, 4) is 11.4 Å². The summed E-state index contributed by atoms with van der Waals surface area (Å²) >= 11 is 0. The number of carbonyl (C=O) groups excluding carboxylic acids is 2. The van der Waals surface area contributed by atoms with Crippen LogP contribution in [0.5, 0.6) is 5.75 Å². The number of hydrogen-bond acceptors (Lipinski definition) is 5. The quantitative estimate of drug-likeness (QED) is 0.302. The van der Waals surface area contributed by atoms with Gasteiger partial charge in [0.1, 0.15) is 35.7 Å². The van der Waals surface area contributed by atoms with E-state index in [9.17, 15) is 14.7 Å². The van der Waals surface area contributed by atoms with E-state index in [2.05, 4.69) is 13.5 Å². The fourth-order valence-electron chi connectivity index (χ4n) is 3.04. The van der Waals surface area contributed by atoms with Crippen molar-refractivity contribution in [3.63, 3.8) is 0 Å². The number of fused-ring (bicyclic) bond motifs is 4. The lowest BCUT2D eigenvalue weighted by Gasteiger charge is -2.06. The van der Waals surface area contributed by atoms with Crippen LogP contribution < -0.4 is 0 Å². The van der Waals surface area contributed by atoms with Crippen molar-refractivity contribution in [2.24, 2.45) is 0 Å². The Balaban J connectivity index is 1.52. The molecule has 0 amide bonds. The standard InChI is InChI=1S/C20H19N3O5/c1-3-13-5-8-18(24)17(11-13)23-21-15-7-6-14(12-16(15)22(21)23)20(26)28-10-9-27-19(25)4-2/h4-8,11-12,24H,2-3,9-10H2,1H3. The number of rotatable bonds is 7. The van der Waals surface area contributed by atoms with Gasteiger partial charge < -0.3 is 14.6 Å². The molecule has 28 heavy (non-hydrogen) atoms. The molecule has 4 rings (SSSR count). The molecule has 0 fully saturated rings. The summed E-state index contributed by atoms with van der Waals surface area (Å²) in [4.78, 5) is 25.0. The van der Waals surface area contributed by atoms with Gasteiger partial charge in [0.15, 0.2) is 0 Å². The van der Waals surface area contributed by atoms with Crippen LogP contribution in [0, 0.1) is 0 Å². The molecule has 0 saturated heterocycles. The van der Waals surface area contributed by atoms with Crippen molar-refractivity contribution in [1.29, 1.82) is 0 Å². The van der Waals surface area contributed by atoms with Gasteiger partial charge in [0.2, 0.25) is 0 Å². The highest BCUT2D eigenvalue weighted by Gasteiger charge is 2.26. The number of aryl methyl sites for hydroxylation is 1. The Morgan fingerprint density at radius 2 is 1.82 bits per heavy atom.